The predicted molar refractivity (Wildman–Crippen MR) is 117 cm³/mol. The number of nitrogens with zero attached hydrogens (tertiary/aromatic N) is 3. The molecule has 0 saturated carbocycles. The second-order valence-electron chi connectivity index (χ2n) is 6.87. The second kappa shape index (κ2) is 9.00. The summed E-state index contributed by atoms with van der Waals surface area (Å²) in [5.74, 6) is 1.68. The molecule has 0 aliphatic rings. The zero-order valence-electron chi connectivity index (χ0n) is 16.8. The highest BCUT2D eigenvalue weighted by atomic mass is 32.2. The number of aryl methyl sites for hydroxylation is 1. The van der Waals surface area contributed by atoms with Crippen LogP contribution in [0.15, 0.2) is 82.6 Å². The lowest BCUT2D eigenvalue weighted by molar-refractivity contribution is -0.119. The molecule has 0 aliphatic heterocycles. The predicted octanol–water partition coefficient (Wildman–Crippen LogP) is 4.38. The number of nitrogens with one attached hydrogen (secondary N) is 1. The zero-order valence-corrected chi connectivity index (χ0v) is 17.6. The number of aromatic nitrogens is 3. The van der Waals surface area contributed by atoms with Gasteiger partial charge in [0, 0.05) is 7.05 Å². The highest BCUT2D eigenvalue weighted by Gasteiger charge is 2.19. The first kappa shape index (κ1) is 20.0. The quantitative estimate of drug-likeness (QED) is 0.451. The molecule has 4 rings (SSSR count). The molecular formula is C23H22N4O2S. The number of benzene rings is 2. The third-order valence-corrected chi connectivity index (χ3v) is 5.86. The summed E-state index contributed by atoms with van der Waals surface area (Å²) in [4.78, 5) is 12.8. The number of furan rings is 1. The molecule has 0 fully saturated rings. The molecule has 0 aliphatic carbocycles. The van der Waals surface area contributed by atoms with Crippen LogP contribution < -0.4 is 5.32 Å². The Balaban J connectivity index is 1.46. The number of rotatable bonds is 7. The number of hydrogen-bond acceptors (Lipinski definition) is 5. The van der Waals surface area contributed by atoms with Crippen molar-refractivity contribution < 1.29 is 9.21 Å². The first-order valence-corrected chi connectivity index (χ1v) is 10.6. The van der Waals surface area contributed by atoms with Gasteiger partial charge in [0.15, 0.2) is 11.0 Å². The van der Waals surface area contributed by atoms with E-state index < -0.39 is 0 Å². The lowest BCUT2D eigenvalue weighted by Gasteiger charge is -2.19. The molecule has 0 radical (unpaired) electrons. The van der Waals surface area contributed by atoms with E-state index in [1.165, 1.54) is 11.8 Å². The zero-order chi connectivity index (χ0) is 20.9. The molecule has 6 nitrogen and oxygen atoms in total. The Hall–Kier alpha value is -3.32. The number of carbonyl (C=O) groups excluding carboxylic acids is 1. The molecule has 0 atom stereocenters. The normalized spacial score (nSPS) is 11.0. The van der Waals surface area contributed by atoms with Crippen LogP contribution in [0.1, 0.15) is 22.9 Å². The van der Waals surface area contributed by atoms with Gasteiger partial charge in [0.25, 0.3) is 0 Å². The van der Waals surface area contributed by atoms with Gasteiger partial charge >= 0.3 is 0 Å². The summed E-state index contributed by atoms with van der Waals surface area (Å²) in [5, 5.41) is 12.3. The van der Waals surface area contributed by atoms with Crippen molar-refractivity contribution in [3.8, 4) is 11.4 Å². The summed E-state index contributed by atoms with van der Waals surface area (Å²) in [6.07, 6.45) is 1.63. The first-order chi connectivity index (χ1) is 14.6. The van der Waals surface area contributed by atoms with Gasteiger partial charge in [0.05, 0.1) is 23.6 Å². The van der Waals surface area contributed by atoms with Crippen molar-refractivity contribution in [1.82, 2.24) is 20.1 Å². The maximum absolute atomic E-state index is 12.8. The van der Waals surface area contributed by atoms with Crippen LogP contribution >= 0.6 is 11.8 Å². The summed E-state index contributed by atoms with van der Waals surface area (Å²) in [6, 6.07) is 21.6. The van der Waals surface area contributed by atoms with Crippen molar-refractivity contribution in [3.05, 3.63) is 89.9 Å². The largest absolute Gasteiger partial charge is 0.469 e. The third kappa shape index (κ3) is 4.31. The lowest BCUT2D eigenvalue weighted by Crippen LogP contribution is -2.30. The van der Waals surface area contributed by atoms with Gasteiger partial charge in [-0.05, 0) is 24.1 Å². The summed E-state index contributed by atoms with van der Waals surface area (Å²) < 4.78 is 7.23. The van der Waals surface area contributed by atoms with E-state index in [0.29, 0.717) is 5.16 Å². The van der Waals surface area contributed by atoms with Crippen LogP contribution in [0.2, 0.25) is 0 Å². The van der Waals surface area contributed by atoms with Gasteiger partial charge in [-0.3, -0.25) is 4.79 Å². The Bertz CT molecular complexity index is 1080. The Morgan fingerprint density at radius 2 is 1.67 bits per heavy atom. The van der Waals surface area contributed by atoms with E-state index >= 15 is 0 Å². The minimum atomic E-state index is -0.205. The second-order valence-corrected chi connectivity index (χ2v) is 7.81. The Labute approximate surface area is 179 Å². The van der Waals surface area contributed by atoms with Gasteiger partial charge < -0.3 is 14.3 Å². The van der Waals surface area contributed by atoms with Crippen LogP contribution in [0, 0.1) is 6.92 Å². The highest BCUT2D eigenvalue weighted by molar-refractivity contribution is 7.99. The maximum Gasteiger partial charge on any atom is 0.231 e. The number of thioether (sulfide) groups is 1. The minimum absolute atomic E-state index is 0.0678. The summed E-state index contributed by atoms with van der Waals surface area (Å²) in [6.45, 7) is 1.89. The Morgan fingerprint density at radius 1 is 1.03 bits per heavy atom. The van der Waals surface area contributed by atoms with Crippen molar-refractivity contribution in [2.75, 3.05) is 5.75 Å². The van der Waals surface area contributed by atoms with E-state index in [2.05, 4.69) is 15.5 Å². The van der Waals surface area contributed by atoms with Gasteiger partial charge in [0.2, 0.25) is 5.91 Å². The number of hydrogen-bond donors (Lipinski definition) is 1. The number of amides is 1. The molecule has 1 N–H and O–H groups in total. The minimum Gasteiger partial charge on any atom is -0.469 e. The molecule has 0 saturated heterocycles. The van der Waals surface area contributed by atoms with Crippen molar-refractivity contribution in [2.45, 2.75) is 18.1 Å². The third-order valence-electron chi connectivity index (χ3n) is 4.84. The van der Waals surface area contributed by atoms with Crippen molar-refractivity contribution in [3.63, 3.8) is 0 Å². The average molecular weight is 419 g/mol. The van der Waals surface area contributed by atoms with E-state index in [0.717, 1.165) is 28.3 Å². The fourth-order valence-electron chi connectivity index (χ4n) is 3.27. The van der Waals surface area contributed by atoms with Crippen molar-refractivity contribution in [2.24, 2.45) is 7.05 Å². The first-order valence-electron chi connectivity index (χ1n) is 9.59. The van der Waals surface area contributed by atoms with E-state index in [9.17, 15) is 4.79 Å². The van der Waals surface area contributed by atoms with E-state index in [4.69, 9.17) is 4.42 Å². The fourth-order valence-corrected chi connectivity index (χ4v) is 4.00. The monoisotopic (exact) mass is 418 g/mol. The maximum atomic E-state index is 12.8. The van der Waals surface area contributed by atoms with Gasteiger partial charge in [-0.15, -0.1) is 10.2 Å². The number of carbonyl (C=O) groups is 1. The highest BCUT2D eigenvalue weighted by Crippen LogP contribution is 2.26. The van der Waals surface area contributed by atoms with E-state index in [1.54, 1.807) is 6.26 Å². The molecule has 2 aromatic heterocycles. The molecule has 0 spiro atoms. The molecule has 0 bridgehead atoms. The molecule has 152 valence electrons. The summed E-state index contributed by atoms with van der Waals surface area (Å²) in [7, 11) is 1.89. The fraction of sp³-hybridized carbons (Fsp3) is 0.174. The SMILES string of the molecule is Cc1occc1-c1nnc(SCC(=O)NC(c2ccccc2)c2ccccc2)n1C. The lowest BCUT2D eigenvalue weighted by atomic mass is 9.99. The van der Waals surface area contributed by atoms with Crippen LogP contribution in [-0.4, -0.2) is 26.4 Å². The van der Waals surface area contributed by atoms with Crippen LogP contribution in [0.4, 0.5) is 0 Å². The van der Waals surface area contributed by atoms with Gasteiger partial charge in [0.1, 0.15) is 5.76 Å². The molecule has 4 aromatic rings. The molecular weight excluding hydrogens is 396 g/mol. The van der Waals surface area contributed by atoms with Crippen LogP contribution in [0.3, 0.4) is 0 Å². The summed E-state index contributed by atoms with van der Waals surface area (Å²) >= 11 is 1.36. The van der Waals surface area contributed by atoms with Gasteiger partial charge in [-0.25, -0.2) is 0 Å². The van der Waals surface area contributed by atoms with E-state index in [-0.39, 0.29) is 17.7 Å². The molecule has 30 heavy (non-hydrogen) atoms. The Kier molecular flexibility index (Phi) is 5.99. The molecule has 1 amide bonds. The van der Waals surface area contributed by atoms with E-state index in [1.807, 2.05) is 85.3 Å². The van der Waals surface area contributed by atoms with Gasteiger partial charge in [-0.1, -0.05) is 72.4 Å². The van der Waals surface area contributed by atoms with Crippen molar-refractivity contribution in [1.29, 1.82) is 0 Å². The van der Waals surface area contributed by atoms with Crippen molar-refractivity contribution >= 4 is 17.7 Å². The molecule has 2 aromatic carbocycles. The molecule has 2 heterocycles. The standard InChI is InChI=1S/C23H22N4O2S/c1-16-19(13-14-29-16)22-25-26-23(27(22)2)30-15-20(28)24-21(17-9-5-3-6-10-17)18-11-7-4-8-12-18/h3-14,21H,15H2,1-2H3,(H,24,28). The van der Waals surface area contributed by atoms with Crippen LogP contribution in [0.5, 0.6) is 0 Å². The average Bonchev–Trinajstić information content (AvgIpc) is 3.36. The molecule has 0 unspecified atom stereocenters. The molecule has 7 heteroatoms. The topological polar surface area (TPSA) is 72.9 Å². The van der Waals surface area contributed by atoms with Gasteiger partial charge in [-0.2, -0.15) is 0 Å². The van der Waals surface area contributed by atoms with Crippen LogP contribution in [0.25, 0.3) is 11.4 Å². The summed E-state index contributed by atoms with van der Waals surface area (Å²) in [5.41, 5.74) is 2.98. The Morgan fingerprint density at radius 3 is 2.23 bits per heavy atom. The van der Waals surface area contributed by atoms with Crippen LogP contribution in [-0.2, 0) is 11.8 Å². The smallest absolute Gasteiger partial charge is 0.231 e.